The van der Waals surface area contributed by atoms with Crippen molar-refractivity contribution in [3.8, 4) is 0 Å². The summed E-state index contributed by atoms with van der Waals surface area (Å²) in [5.74, 6) is 1.42. The monoisotopic (exact) mass is 380 g/mol. The van der Waals surface area contributed by atoms with E-state index in [9.17, 15) is 4.79 Å². The van der Waals surface area contributed by atoms with Gasteiger partial charge in [-0.3, -0.25) is 4.79 Å². The average Bonchev–Trinajstić information content (AvgIpc) is 2.71. The van der Waals surface area contributed by atoms with Gasteiger partial charge in [-0.05, 0) is 75.4 Å². The van der Waals surface area contributed by atoms with Gasteiger partial charge in [0.15, 0.2) is 0 Å². The summed E-state index contributed by atoms with van der Waals surface area (Å²) >= 11 is 0. The standard InChI is InChI=1S/C23H32N4O/c1-5-26(6-2)20-10-11-21(18(4)14-20)25-22-12-9-19(15-24-22)23(28)27-13-7-8-17(3)16-27/h9-12,14-15,17H,5-8,13,16H2,1-4H3,(H,24,25). The van der Waals surface area contributed by atoms with Gasteiger partial charge in [-0.25, -0.2) is 4.98 Å². The molecule has 5 nitrogen and oxygen atoms in total. The zero-order valence-electron chi connectivity index (χ0n) is 17.5. The Balaban J connectivity index is 1.68. The van der Waals surface area contributed by atoms with E-state index >= 15 is 0 Å². The number of amides is 1. The number of piperidine rings is 1. The van der Waals surface area contributed by atoms with Crippen molar-refractivity contribution in [3.63, 3.8) is 0 Å². The lowest BCUT2D eigenvalue weighted by Gasteiger charge is -2.30. The van der Waals surface area contributed by atoms with Crippen LogP contribution in [0, 0.1) is 12.8 Å². The van der Waals surface area contributed by atoms with Crippen molar-refractivity contribution in [1.29, 1.82) is 0 Å². The van der Waals surface area contributed by atoms with Crippen molar-refractivity contribution >= 4 is 23.1 Å². The van der Waals surface area contributed by atoms with E-state index in [-0.39, 0.29) is 5.91 Å². The van der Waals surface area contributed by atoms with Crippen LogP contribution in [0.4, 0.5) is 17.2 Å². The quantitative estimate of drug-likeness (QED) is 0.778. The van der Waals surface area contributed by atoms with E-state index in [2.05, 4.69) is 61.1 Å². The molecular formula is C23H32N4O. The number of aryl methyl sites for hydroxylation is 1. The highest BCUT2D eigenvalue weighted by Crippen LogP contribution is 2.25. The maximum atomic E-state index is 12.7. The number of anilines is 3. The van der Waals surface area contributed by atoms with Gasteiger partial charge in [-0.2, -0.15) is 0 Å². The van der Waals surface area contributed by atoms with E-state index in [1.807, 2.05) is 17.0 Å². The molecule has 2 heterocycles. The first-order chi connectivity index (χ1) is 13.5. The zero-order chi connectivity index (χ0) is 20.1. The minimum Gasteiger partial charge on any atom is -0.372 e. The SMILES string of the molecule is CCN(CC)c1ccc(Nc2ccc(C(=O)N3CCCC(C)C3)cn2)c(C)c1. The molecule has 1 amide bonds. The van der Waals surface area contributed by atoms with Crippen molar-refractivity contribution in [3.05, 3.63) is 47.7 Å². The van der Waals surface area contributed by atoms with E-state index in [0.29, 0.717) is 11.5 Å². The lowest BCUT2D eigenvalue weighted by atomic mass is 10.00. The molecule has 1 N–H and O–H groups in total. The van der Waals surface area contributed by atoms with Crippen LogP contribution < -0.4 is 10.2 Å². The van der Waals surface area contributed by atoms with E-state index < -0.39 is 0 Å². The Morgan fingerprint density at radius 1 is 1.25 bits per heavy atom. The predicted octanol–water partition coefficient (Wildman–Crippen LogP) is 4.85. The number of likely N-dealkylation sites (tertiary alicyclic amines) is 1. The van der Waals surface area contributed by atoms with E-state index in [0.717, 1.165) is 44.1 Å². The maximum absolute atomic E-state index is 12.7. The lowest BCUT2D eigenvalue weighted by Crippen LogP contribution is -2.39. The summed E-state index contributed by atoms with van der Waals surface area (Å²) in [5, 5.41) is 3.37. The number of pyridine rings is 1. The molecule has 0 bridgehead atoms. The summed E-state index contributed by atoms with van der Waals surface area (Å²) in [7, 11) is 0. The molecule has 0 aliphatic carbocycles. The largest absolute Gasteiger partial charge is 0.372 e. The molecule has 28 heavy (non-hydrogen) atoms. The number of rotatable bonds is 6. The Morgan fingerprint density at radius 3 is 2.64 bits per heavy atom. The number of hydrogen-bond acceptors (Lipinski definition) is 4. The van der Waals surface area contributed by atoms with Crippen molar-refractivity contribution in [2.24, 2.45) is 5.92 Å². The van der Waals surface area contributed by atoms with Crippen LogP contribution in [0.25, 0.3) is 0 Å². The van der Waals surface area contributed by atoms with E-state index in [1.165, 1.54) is 17.7 Å². The normalized spacial score (nSPS) is 16.7. The molecule has 0 spiro atoms. The van der Waals surface area contributed by atoms with E-state index in [1.54, 1.807) is 6.20 Å². The highest BCUT2D eigenvalue weighted by molar-refractivity contribution is 5.94. The third-order valence-corrected chi connectivity index (χ3v) is 5.56. The Morgan fingerprint density at radius 2 is 2.04 bits per heavy atom. The summed E-state index contributed by atoms with van der Waals surface area (Å²) in [5.41, 5.74) is 4.10. The van der Waals surface area contributed by atoms with Gasteiger partial charge in [0.1, 0.15) is 5.82 Å². The summed E-state index contributed by atoms with van der Waals surface area (Å²) in [6.45, 7) is 12.3. The van der Waals surface area contributed by atoms with Crippen molar-refractivity contribution in [2.45, 2.75) is 40.5 Å². The fourth-order valence-corrected chi connectivity index (χ4v) is 3.86. The first kappa shape index (κ1) is 20.2. The Kier molecular flexibility index (Phi) is 6.55. The number of benzene rings is 1. The summed E-state index contributed by atoms with van der Waals surface area (Å²) in [4.78, 5) is 21.4. The van der Waals surface area contributed by atoms with E-state index in [4.69, 9.17) is 0 Å². The minimum atomic E-state index is 0.0883. The molecule has 1 aromatic carbocycles. The molecule has 0 saturated carbocycles. The van der Waals surface area contributed by atoms with Gasteiger partial charge in [0.2, 0.25) is 0 Å². The highest BCUT2D eigenvalue weighted by atomic mass is 16.2. The smallest absolute Gasteiger partial charge is 0.255 e. The second-order valence-corrected chi connectivity index (χ2v) is 7.73. The first-order valence-electron chi connectivity index (χ1n) is 10.4. The predicted molar refractivity (Wildman–Crippen MR) is 117 cm³/mol. The third-order valence-electron chi connectivity index (χ3n) is 5.56. The van der Waals surface area contributed by atoms with Crippen LogP contribution in [0.3, 0.4) is 0 Å². The van der Waals surface area contributed by atoms with Crippen LogP contribution in [-0.4, -0.2) is 42.0 Å². The number of hydrogen-bond donors (Lipinski definition) is 1. The average molecular weight is 381 g/mol. The maximum Gasteiger partial charge on any atom is 0.255 e. The van der Waals surface area contributed by atoms with Gasteiger partial charge < -0.3 is 15.1 Å². The Hall–Kier alpha value is -2.56. The molecule has 1 aromatic heterocycles. The minimum absolute atomic E-state index is 0.0883. The Labute approximate surface area is 168 Å². The van der Waals surface area contributed by atoms with Crippen LogP contribution in [0.1, 0.15) is 49.5 Å². The van der Waals surface area contributed by atoms with Crippen molar-refractivity contribution < 1.29 is 4.79 Å². The number of aromatic nitrogens is 1. The topological polar surface area (TPSA) is 48.5 Å². The molecular weight excluding hydrogens is 348 g/mol. The second kappa shape index (κ2) is 9.09. The molecule has 1 aliphatic rings. The van der Waals surface area contributed by atoms with Gasteiger partial charge >= 0.3 is 0 Å². The van der Waals surface area contributed by atoms with Crippen LogP contribution in [-0.2, 0) is 0 Å². The van der Waals surface area contributed by atoms with Gasteiger partial charge in [-0.1, -0.05) is 6.92 Å². The molecule has 1 aliphatic heterocycles. The second-order valence-electron chi connectivity index (χ2n) is 7.73. The van der Waals surface area contributed by atoms with Crippen LogP contribution >= 0.6 is 0 Å². The number of carbonyl (C=O) groups is 1. The highest BCUT2D eigenvalue weighted by Gasteiger charge is 2.22. The molecule has 1 atom stereocenters. The fraction of sp³-hybridized carbons (Fsp3) is 0.478. The lowest BCUT2D eigenvalue weighted by molar-refractivity contribution is 0.0682. The molecule has 1 saturated heterocycles. The molecule has 5 heteroatoms. The summed E-state index contributed by atoms with van der Waals surface area (Å²) in [6, 6.07) is 10.2. The van der Waals surface area contributed by atoms with Gasteiger partial charge in [0, 0.05) is 43.8 Å². The van der Waals surface area contributed by atoms with Crippen molar-refractivity contribution in [2.75, 3.05) is 36.4 Å². The Bertz CT molecular complexity index is 799. The van der Waals surface area contributed by atoms with Gasteiger partial charge in [-0.15, -0.1) is 0 Å². The van der Waals surface area contributed by atoms with Gasteiger partial charge in [0.25, 0.3) is 5.91 Å². The number of nitrogens with zero attached hydrogens (tertiary/aromatic N) is 3. The molecule has 2 aromatic rings. The summed E-state index contributed by atoms with van der Waals surface area (Å²) in [6.07, 6.45) is 3.98. The fourth-order valence-electron chi connectivity index (χ4n) is 3.86. The summed E-state index contributed by atoms with van der Waals surface area (Å²) < 4.78 is 0. The molecule has 3 rings (SSSR count). The first-order valence-corrected chi connectivity index (χ1v) is 10.4. The number of nitrogens with one attached hydrogen (secondary N) is 1. The van der Waals surface area contributed by atoms with Crippen LogP contribution in [0.15, 0.2) is 36.5 Å². The van der Waals surface area contributed by atoms with Crippen molar-refractivity contribution in [1.82, 2.24) is 9.88 Å². The molecule has 1 fully saturated rings. The third kappa shape index (κ3) is 4.64. The zero-order valence-corrected chi connectivity index (χ0v) is 17.5. The molecule has 1 unspecified atom stereocenters. The molecule has 150 valence electrons. The molecule has 0 radical (unpaired) electrons. The number of carbonyl (C=O) groups excluding carboxylic acids is 1. The van der Waals surface area contributed by atoms with Crippen LogP contribution in [0.2, 0.25) is 0 Å². The van der Waals surface area contributed by atoms with Crippen LogP contribution in [0.5, 0.6) is 0 Å². The van der Waals surface area contributed by atoms with Gasteiger partial charge in [0.05, 0.1) is 5.56 Å².